The standard InChI is InChI=1S/C31H44N2O3S/c1-22-10-13-29(37(34,35)36)26(16-22)28-20-33(15-14-32(28)19-23-11-12-23)27-9-7-6-8-25(27)24-17-30(2,3)21-31(4,5)18-24/h6-10,13,16,23-24,28H,11-12,14-15,17-21H2,1-5H3,(H,34,35,36). The van der Waals surface area contributed by atoms with Crippen LogP contribution >= 0.6 is 0 Å². The number of piperazine rings is 1. The van der Waals surface area contributed by atoms with Crippen LogP contribution in [0.2, 0.25) is 0 Å². The lowest BCUT2D eigenvalue weighted by molar-refractivity contribution is 0.0969. The number of nitrogens with zero attached hydrogens (tertiary/aromatic N) is 2. The molecule has 2 aromatic rings. The molecular weight excluding hydrogens is 480 g/mol. The van der Waals surface area contributed by atoms with Crippen molar-refractivity contribution in [3.8, 4) is 0 Å². The first-order chi connectivity index (χ1) is 17.3. The third kappa shape index (κ3) is 6.07. The highest BCUT2D eigenvalue weighted by Gasteiger charge is 2.41. The maximum Gasteiger partial charge on any atom is 0.294 e. The Bertz CT molecular complexity index is 1230. The molecule has 2 aromatic carbocycles. The zero-order valence-electron chi connectivity index (χ0n) is 23.2. The Kier molecular flexibility index (Phi) is 7.00. The molecule has 1 aliphatic heterocycles. The van der Waals surface area contributed by atoms with E-state index in [2.05, 4.69) is 61.8 Å². The minimum atomic E-state index is -4.31. The van der Waals surface area contributed by atoms with Gasteiger partial charge in [-0.25, -0.2) is 0 Å². The Hall–Kier alpha value is -1.89. The number of anilines is 1. The van der Waals surface area contributed by atoms with Crippen LogP contribution in [0.25, 0.3) is 0 Å². The molecule has 6 heteroatoms. The predicted molar refractivity (Wildman–Crippen MR) is 151 cm³/mol. The van der Waals surface area contributed by atoms with E-state index >= 15 is 0 Å². The molecule has 0 bridgehead atoms. The zero-order valence-corrected chi connectivity index (χ0v) is 24.0. The van der Waals surface area contributed by atoms with Crippen LogP contribution in [0.3, 0.4) is 0 Å². The van der Waals surface area contributed by atoms with Gasteiger partial charge in [-0.15, -0.1) is 0 Å². The summed E-state index contributed by atoms with van der Waals surface area (Å²) < 4.78 is 34.9. The maximum absolute atomic E-state index is 12.4. The van der Waals surface area contributed by atoms with Crippen molar-refractivity contribution in [2.24, 2.45) is 16.7 Å². The number of aryl methyl sites for hydroxylation is 1. The van der Waals surface area contributed by atoms with Crippen molar-refractivity contribution in [1.82, 2.24) is 4.90 Å². The van der Waals surface area contributed by atoms with E-state index in [0.29, 0.717) is 22.7 Å². The molecule has 0 spiro atoms. The lowest BCUT2D eigenvalue weighted by atomic mass is 9.60. The Morgan fingerprint density at radius 1 is 0.946 bits per heavy atom. The van der Waals surface area contributed by atoms with Gasteiger partial charge in [0.2, 0.25) is 0 Å². The smallest absolute Gasteiger partial charge is 0.294 e. The zero-order chi connectivity index (χ0) is 26.6. The minimum absolute atomic E-state index is 0.0508. The fraction of sp³-hybridized carbons (Fsp3) is 0.613. The summed E-state index contributed by atoms with van der Waals surface area (Å²) in [6, 6.07) is 14.1. The highest BCUT2D eigenvalue weighted by Crippen LogP contribution is 2.53. The van der Waals surface area contributed by atoms with Gasteiger partial charge in [0.05, 0.1) is 10.9 Å². The summed E-state index contributed by atoms with van der Waals surface area (Å²) in [5, 5.41) is 0. The normalized spacial score (nSPS) is 24.8. The number of benzene rings is 2. The number of rotatable bonds is 6. The Labute approximate surface area is 224 Å². The summed E-state index contributed by atoms with van der Waals surface area (Å²) in [5.74, 6) is 1.21. The van der Waals surface area contributed by atoms with Gasteiger partial charge in [0.15, 0.2) is 0 Å². The Morgan fingerprint density at radius 2 is 1.62 bits per heavy atom. The second kappa shape index (κ2) is 9.69. The van der Waals surface area contributed by atoms with E-state index in [1.165, 1.54) is 43.4 Å². The molecule has 1 unspecified atom stereocenters. The largest absolute Gasteiger partial charge is 0.368 e. The van der Waals surface area contributed by atoms with Crippen LogP contribution in [-0.4, -0.2) is 44.0 Å². The van der Waals surface area contributed by atoms with E-state index in [9.17, 15) is 13.0 Å². The molecule has 1 atom stereocenters. The summed E-state index contributed by atoms with van der Waals surface area (Å²) >= 11 is 0. The molecule has 5 nitrogen and oxygen atoms in total. The van der Waals surface area contributed by atoms with Gasteiger partial charge in [0.25, 0.3) is 10.1 Å². The molecule has 2 saturated carbocycles. The average molecular weight is 525 g/mol. The van der Waals surface area contributed by atoms with Gasteiger partial charge >= 0.3 is 0 Å². The predicted octanol–water partition coefficient (Wildman–Crippen LogP) is 6.83. The molecule has 0 aromatic heterocycles. The molecule has 1 saturated heterocycles. The maximum atomic E-state index is 12.4. The third-order valence-corrected chi connectivity index (χ3v) is 9.68. The highest BCUT2D eigenvalue weighted by molar-refractivity contribution is 7.85. The molecule has 37 heavy (non-hydrogen) atoms. The van der Waals surface area contributed by atoms with Gasteiger partial charge < -0.3 is 4.90 Å². The van der Waals surface area contributed by atoms with Gasteiger partial charge in [-0.3, -0.25) is 9.45 Å². The van der Waals surface area contributed by atoms with Crippen molar-refractivity contribution in [1.29, 1.82) is 0 Å². The quantitative estimate of drug-likeness (QED) is 0.420. The van der Waals surface area contributed by atoms with E-state index in [1.54, 1.807) is 12.1 Å². The highest BCUT2D eigenvalue weighted by atomic mass is 32.2. The second-order valence-corrected chi connectivity index (χ2v) is 15.0. The third-order valence-electron chi connectivity index (χ3n) is 8.76. The fourth-order valence-corrected chi connectivity index (χ4v) is 8.27. The van der Waals surface area contributed by atoms with Crippen LogP contribution in [0.15, 0.2) is 47.4 Å². The molecule has 202 valence electrons. The van der Waals surface area contributed by atoms with Crippen molar-refractivity contribution >= 4 is 15.8 Å². The SMILES string of the molecule is Cc1ccc(S(=O)(=O)O)c(C2CN(c3ccccc3C3CC(C)(C)CC(C)(C)C3)CCN2CC2CC2)c1. The summed E-state index contributed by atoms with van der Waals surface area (Å²) in [5.41, 5.74) is 5.06. The lowest BCUT2D eigenvalue weighted by Gasteiger charge is -2.47. The first-order valence-electron chi connectivity index (χ1n) is 14.0. The second-order valence-electron chi connectivity index (χ2n) is 13.6. The summed E-state index contributed by atoms with van der Waals surface area (Å²) in [7, 11) is -4.31. The fourth-order valence-electron chi connectivity index (χ4n) is 7.53. The monoisotopic (exact) mass is 524 g/mol. The van der Waals surface area contributed by atoms with E-state index in [4.69, 9.17) is 0 Å². The molecule has 1 N–H and O–H groups in total. The summed E-state index contributed by atoms with van der Waals surface area (Å²) in [6.45, 7) is 15.1. The van der Waals surface area contributed by atoms with Crippen LogP contribution in [-0.2, 0) is 10.1 Å². The van der Waals surface area contributed by atoms with Gasteiger partial charge in [-0.1, -0.05) is 63.6 Å². The Balaban J connectivity index is 1.51. The average Bonchev–Trinajstić information content (AvgIpc) is 3.60. The summed E-state index contributed by atoms with van der Waals surface area (Å²) in [6.07, 6.45) is 6.11. The summed E-state index contributed by atoms with van der Waals surface area (Å²) in [4.78, 5) is 5.00. The van der Waals surface area contributed by atoms with E-state index in [0.717, 1.165) is 37.3 Å². The van der Waals surface area contributed by atoms with Crippen LogP contribution in [0.5, 0.6) is 0 Å². The minimum Gasteiger partial charge on any atom is -0.368 e. The molecule has 3 fully saturated rings. The van der Waals surface area contributed by atoms with Crippen molar-refractivity contribution in [2.75, 3.05) is 31.1 Å². The van der Waals surface area contributed by atoms with Crippen LogP contribution in [0.1, 0.15) is 88.4 Å². The van der Waals surface area contributed by atoms with Crippen molar-refractivity contribution < 1.29 is 13.0 Å². The first-order valence-corrected chi connectivity index (χ1v) is 15.4. The topological polar surface area (TPSA) is 60.9 Å². The van der Waals surface area contributed by atoms with Crippen molar-refractivity contribution in [2.45, 2.75) is 83.6 Å². The van der Waals surface area contributed by atoms with Gasteiger partial charge in [-0.05, 0) is 85.0 Å². The molecule has 5 rings (SSSR count). The number of para-hydroxylation sites is 1. The van der Waals surface area contributed by atoms with Crippen molar-refractivity contribution in [3.05, 3.63) is 59.2 Å². The van der Waals surface area contributed by atoms with Gasteiger partial charge in [-0.2, -0.15) is 8.42 Å². The van der Waals surface area contributed by atoms with E-state index in [1.807, 2.05) is 13.0 Å². The molecule has 0 radical (unpaired) electrons. The first kappa shape index (κ1) is 26.7. The number of hydrogen-bond acceptors (Lipinski definition) is 4. The van der Waals surface area contributed by atoms with E-state index in [-0.39, 0.29) is 10.9 Å². The van der Waals surface area contributed by atoms with Crippen LogP contribution < -0.4 is 4.90 Å². The Morgan fingerprint density at radius 3 is 2.27 bits per heavy atom. The molecule has 0 amide bonds. The van der Waals surface area contributed by atoms with E-state index < -0.39 is 10.1 Å². The molecular formula is C31H44N2O3S. The number of hydrogen-bond donors (Lipinski definition) is 1. The molecule has 2 aliphatic carbocycles. The van der Waals surface area contributed by atoms with Gasteiger partial charge in [0.1, 0.15) is 0 Å². The van der Waals surface area contributed by atoms with Crippen LogP contribution in [0, 0.1) is 23.7 Å². The van der Waals surface area contributed by atoms with Crippen molar-refractivity contribution in [3.63, 3.8) is 0 Å². The molecule has 1 heterocycles. The van der Waals surface area contributed by atoms with Gasteiger partial charge in [0, 0.05) is 31.9 Å². The van der Waals surface area contributed by atoms with Crippen LogP contribution in [0.4, 0.5) is 5.69 Å². The lowest BCUT2D eigenvalue weighted by Crippen LogP contribution is -2.49. The molecule has 3 aliphatic rings.